The molecule has 2 heterocycles. The van der Waals surface area contributed by atoms with E-state index in [2.05, 4.69) is 20.4 Å². The normalized spacial score (nSPS) is 22.2. The summed E-state index contributed by atoms with van der Waals surface area (Å²) in [5, 5.41) is 11.7. The Kier molecular flexibility index (Phi) is 4.09. The second kappa shape index (κ2) is 5.57. The Morgan fingerprint density at radius 1 is 1.50 bits per heavy atom. The molecule has 0 radical (unpaired) electrons. The van der Waals surface area contributed by atoms with Crippen LogP contribution in [0, 0.1) is 0 Å². The van der Waals surface area contributed by atoms with Crippen LogP contribution in [-0.2, 0) is 6.54 Å². The zero-order valence-electron chi connectivity index (χ0n) is 9.49. The maximum absolute atomic E-state index is 5.70. The fourth-order valence-corrected chi connectivity index (χ4v) is 2.19. The molecule has 2 rings (SSSR count). The van der Waals surface area contributed by atoms with E-state index < -0.39 is 0 Å². The number of rotatable bonds is 3. The molecule has 1 N–H and O–H groups in total. The molecule has 0 amide bonds. The smallest absolute Gasteiger partial charge is 0.151 e. The number of hydrogen-bond donors (Lipinski definition) is 1. The Hall–Kier alpha value is -0.710. The van der Waals surface area contributed by atoms with Crippen molar-refractivity contribution in [2.24, 2.45) is 0 Å². The monoisotopic (exact) mass is 240 g/mol. The van der Waals surface area contributed by atoms with Crippen molar-refractivity contribution < 1.29 is 0 Å². The van der Waals surface area contributed by atoms with E-state index in [-0.39, 0.29) is 0 Å². The molecule has 0 saturated carbocycles. The van der Waals surface area contributed by atoms with Crippen LogP contribution < -0.4 is 5.32 Å². The first-order valence-electron chi connectivity index (χ1n) is 5.65. The highest BCUT2D eigenvalue weighted by molar-refractivity contribution is 6.29. The van der Waals surface area contributed by atoms with Crippen LogP contribution in [0.1, 0.15) is 18.5 Å². The number of aromatic nitrogens is 2. The lowest BCUT2D eigenvalue weighted by Gasteiger charge is -2.32. The Labute approximate surface area is 101 Å². The fraction of sp³-hybridized carbons (Fsp3) is 0.636. The summed E-state index contributed by atoms with van der Waals surface area (Å²) in [7, 11) is 2.02. The summed E-state index contributed by atoms with van der Waals surface area (Å²) in [5.41, 5.74) is 0.987. The van der Waals surface area contributed by atoms with Crippen molar-refractivity contribution in [1.82, 2.24) is 20.4 Å². The lowest BCUT2D eigenvalue weighted by Crippen LogP contribution is -2.44. The summed E-state index contributed by atoms with van der Waals surface area (Å²) in [5.74, 6) is 0. The van der Waals surface area contributed by atoms with Crippen LogP contribution in [0.25, 0.3) is 0 Å². The fourth-order valence-electron chi connectivity index (χ4n) is 2.09. The average Bonchev–Trinajstić information content (AvgIpc) is 2.32. The van der Waals surface area contributed by atoms with Crippen LogP contribution in [0.2, 0.25) is 5.15 Å². The highest BCUT2D eigenvalue weighted by atomic mass is 35.5. The summed E-state index contributed by atoms with van der Waals surface area (Å²) in [6, 6.07) is 4.34. The molecule has 5 heteroatoms. The van der Waals surface area contributed by atoms with Gasteiger partial charge in [0.1, 0.15) is 0 Å². The number of likely N-dealkylation sites (N-methyl/N-ethyl adjacent to an activating group) is 1. The van der Waals surface area contributed by atoms with E-state index in [0.29, 0.717) is 11.2 Å². The van der Waals surface area contributed by atoms with E-state index in [1.165, 1.54) is 12.8 Å². The van der Waals surface area contributed by atoms with E-state index in [1.54, 1.807) is 6.07 Å². The topological polar surface area (TPSA) is 41.0 Å². The first-order valence-corrected chi connectivity index (χ1v) is 6.03. The first kappa shape index (κ1) is 11.8. The largest absolute Gasteiger partial charge is 0.316 e. The van der Waals surface area contributed by atoms with Crippen molar-refractivity contribution in [3.8, 4) is 0 Å². The lowest BCUT2D eigenvalue weighted by atomic mass is 10.1. The predicted octanol–water partition coefficient (Wildman–Crippen LogP) is 1.31. The highest BCUT2D eigenvalue weighted by Crippen LogP contribution is 2.12. The van der Waals surface area contributed by atoms with Crippen molar-refractivity contribution in [3.63, 3.8) is 0 Å². The van der Waals surface area contributed by atoms with E-state index in [9.17, 15) is 0 Å². The van der Waals surface area contributed by atoms with Crippen LogP contribution in [0.4, 0.5) is 0 Å². The summed E-state index contributed by atoms with van der Waals surface area (Å²) >= 11 is 5.70. The van der Waals surface area contributed by atoms with Gasteiger partial charge in [0.05, 0.1) is 5.69 Å². The van der Waals surface area contributed by atoms with Gasteiger partial charge in [-0.3, -0.25) is 4.90 Å². The van der Waals surface area contributed by atoms with Crippen molar-refractivity contribution in [2.75, 3.05) is 20.1 Å². The number of hydrogen-bond acceptors (Lipinski definition) is 4. The molecule has 1 saturated heterocycles. The van der Waals surface area contributed by atoms with Gasteiger partial charge in [-0.1, -0.05) is 11.6 Å². The summed E-state index contributed by atoms with van der Waals surface area (Å²) in [6.07, 6.45) is 2.51. The van der Waals surface area contributed by atoms with Crippen LogP contribution in [-0.4, -0.2) is 41.3 Å². The third-order valence-corrected chi connectivity index (χ3v) is 3.19. The van der Waals surface area contributed by atoms with Crippen LogP contribution in [0.15, 0.2) is 12.1 Å². The number of nitrogens with one attached hydrogen (secondary N) is 1. The molecule has 1 fully saturated rings. The highest BCUT2D eigenvalue weighted by Gasteiger charge is 2.18. The van der Waals surface area contributed by atoms with Gasteiger partial charge in [-0.2, -0.15) is 5.10 Å². The van der Waals surface area contributed by atoms with Crippen LogP contribution >= 0.6 is 11.6 Å². The van der Waals surface area contributed by atoms with Gasteiger partial charge in [0.2, 0.25) is 0 Å². The summed E-state index contributed by atoms with van der Waals surface area (Å²) in [4.78, 5) is 2.41. The average molecular weight is 241 g/mol. The predicted molar refractivity (Wildman–Crippen MR) is 64.4 cm³/mol. The van der Waals surface area contributed by atoms with E-state index in [4.69, 9.17) is 11.6 Å². The van der Waals surface area contributed by atoms with Crippen molar-refractivity contribution in [3.05, 3.63) is 23.0 Å². The molecule has 0 bridgehead atoms. The molecule has 0 unspecified atom stereocenters. The maximum Gasteiger partial charge on any atom is 0.151 e. The minimum atomic E-state index is 0.454. The van der Waals surface area contributed by atoms with Crippen LogP contribution in [0.3, 0.4) is 0 Å². The third-order valence-electron chi connectivity index (χ3n) is 2.99. The molecule has 1 aliphatic rings. The van der Waals surface area contributed by atoms with E-state index in [1.807, 2.05) is 13.1 Å². The second-order valence-corrected chi connectivity index (χ2v) is 4.60. The zero-order valence-corrected chi connectivity index (χ0v) is 10.2. The molecular weight excluding hydrogens is 224 g/mol. The summed E-state index contributed by atoms with van der Waals surface area (Å²) < 4.78 is 0. The van der Waals surface area contributed by atoms with E-state index >= 15 is 0 Å². The van der Waals surface area contributed by atoms with Gasteiger partial charge in [-0.05, 0) is 38.6 Å². The quantitative estimate of drug-likeness (QED) is 0.865. The first-order chi connectivity index (χ1) is 7.78. The third kappa shape index (κ3) is 3.14. The Balaban J connectivity index is 1.91. The number of piperidine rings is 1. The van der Waals surface area contributed by atoms with Gasteiger partial charge < -0.3 is 5.32 Å². The molecule has 1 aromatic rings. The Morgan fingerprint density at radius 3 is 3.06 bits per heavy atom. The standard InChI is InChI=1S/C11H17ClN4/c1-13-9-3-2-6-16(7-9)8-10-4-5-11(12)15-14-10/h4-5,9,13H,2-3,6-8H2,1H3/t9-/m0/s1. The number of nitrogens with zero attached hydrogens (tertiary/aromatic N) is 3. The second-order valence-electron chi connectivity index (χ2n) is 4.21. The van der Waals surface area contributed by atoms with Gasteiger partial charge in [0.25, 0.3) is 0 Å². The Morgan fingerprint density at radius 2 is 2.38 bits per heavy atom. The molecule has 0 aliphatic carbocycles. The Bertz CT molecular complexity index is 327. The van der Waals surface area contributed by atoms with Gasteiger partial charge in [0.15, 0.2) is 5.15 Å². The minimum absolute atomic E-state index is 0.454. The van der Waals surface area contributed by atoms with Crippen molar-refractivity contribution >= 4 is 11.6 Å². The molecule has 88 valence electrons. The number of halogens is 1. The summed E-state index contributed by atoms with van der Waals surface area (Å²) in [6.45, 7) is 3.09. The number of likely N-dealkylation sites (tertiary alicyclic amines) is 1. The van der Waals surface area contributed by atoms with Gasteiger partial charge in [0, 0.05) is 19.1 Å². The zero-order chi connectivity index (χ0) is 11.4. The minimum Gasteiger partial charge on any atom is -0.316 e. The molecule has 0 spiro atoms. The van der Waals surface area contributed by atoms with E-state index in [0.717, 1.165) is 25.3 Å². The molecule has 1 aliphatic heterocycles. The molecule has 4 nitrogen and oxygen atoms in total. The van der Waals surface area contributed by atoms with Crippen molar-refractivity contribution in [2.45, 2.75) is 25.4 Å². The van der Waals surface area contributed by atoms with Crippen molar-refractivity contribution in [1.29, 1.82) is 0 Å². The van der Waals surface area contributed by atoms with Crippen LogP contribution in [0.5, 0.6) is 0 Å². The van der Waals surface area contributed by atoms with Gasteiger partial charge in [-0.15, -0.1) is 5.10 Å². The lowest BCUT2D eigenvalue weighted by molar-refractivity contribution is 0.185. The molecule has 1 aromatic heterocycles. The molecular formula is C11H17ClN4. The molecule has 0 aromatic carbocycles. The molecule has 1 atom stereocenters. The maximum atomic E-state index is 5.70. The van der Waals surface area contributed by atoms with Gasteiger partial charge in [-0.25, -0.2) is 0 Å². The van der Waals surface area contributed by atoms with Gasteiger partial charge >= 0.3 is 0 Å². The SMILES string of the molecule is CN[C@H]1CCCN(Cc2ccc(Cl)nn2)C1. The molecule has 16 heavy (non-hydrogen) atoms.